The van der Waals surface area contributed by atoms with Crippen LogP contribution in [0, 0.1) is 0 Å². The first-order chi connectivity index (χ1) is 4.13. The number of imide groups is 1. The average Bonchev–Trinajstić information content (AvgIpc) is 1.98. The Labute approximate surface area is 61.1 Å². The zero-order valence-corrected chi connectivity index (χ0v) is 5.69. The van der Waals surface area contributed by atoms with Crippen LogP contribution in [0.3, 0.4) is 0 Å². The third-order valence-corrected chi connectivity index (χ3v) is 1.47. The molecule has 1 saturated heterocycles. The first kappa shape index (κ1) is 6.64. The highest BCUT2D eigenvalue weighted by Crippen LogP contribution is 2.13. The van der Waals surface area contributed by atoms with Gasteiger partial charge in [0.25, 0.3) is 5.91 Å². The van der Waals surface area contributed by atoms with Crippen molar-refractivity contribution in [1.29, 1.82) is 0 Å². The van der Waals surface area contributed by atoms with Crippen molar-refractivity contribution in [3.63, 3.8) is 0 Å². The Balaban J connectivity index is 2.77. The highest BCUT2D eigenvalue weighted by molar-refractivity contribution is 6.37. The van der Waals surface area contributed by atoms with E-state index in [4.69, 9.17) is 23.6 Å². The summed E-state index contributed by atoms with van der Waals surface area (Å²) in [5, 5.41) is 0. The summed E-state index contributed by atoms with van der Waals surface area (Å²) < 4.78 is 1.17. The lowest BCUT2D eigenvalue weighted by Gasteiger charge is -1.99. The van der Waals surface area contributed by atoms with E-state index in [1.165, 1.54) is 0 Å². The second-order valence-corrected chi connectivity index (χ2v) is 2.22. The SMILES string of the molecule is O=C1CN(Cl)C(=O)N1Cl. The monoisotopic (exact) mass is 168 g/mol. The maximum atomic E-state index is 10.5. The van der Waals surface area contributed by atoms with Crippen molar-refractivity contribution in [2.24, 2.45) is 0 Å². The van der Waals surface area contributed by atoms with E-state index in [1.54, 1.807) is 0 Å². The van der Waals surface area contributed by atoms with E-state index in [2.05, 4.69) is 0 Å². The summed E-state index contributed by atoms with van der Waals surface area (Å²) in [4.78, 5) is 20.9. The van der Waals surface area contributed by atoms with Gasteiger partial charge in [-0.3, -0.25) is 4.79 Å². The van der Waals surface area contributed by atoms with Crippen molar-refractivity contribution >= 4 is 35.5 Å². The van der Waals surface area contributed by atoms with E-state index in [-0.39, 0.29) is 6.54 Å². The molecule has 1 rings (SSSR count). The van der Waals surface area contributed by atoms with Gasteiger partial charge in [0.1, 0.15) is 6.54 Å². The van der Waals surface area contributed by atoms with Crippen LogP contribution in [-0.4, -0.2) is 27.3 Å². The molecule has 3 amide bonds. The Morgan fingerprint density at radius 3 is 2.00 bits per heavy atom. The van der Waals surface area contributed by atoms with Crippen LogP contribution in [0.15, 0.2) is 0 Å². The molecule has 0 unspecified atom stereocenters. The molecule has 1 aliphatic rings. The molecule has 0 aromatic rings. The standard InChI is InChI=1S/C3H2Cl2N2O2/c4-6-1-2(8)7(5)3(6)9/h1H2. The number of rotatable bonds is 0. The largest absolute Gasteiger partial charge is 0.356 e. The second-order valence-electron chi connectivity index (χ2n) is 1.48. The van der Waals surface area contributed by atoms with Gasteiger partial charge < -0.3 is 0 Å². The van der Waals surface area contributed by atoms with Crippen molar-refractivity contribution in [3.05, 3.63) is 0 Å². The fourth-order valence-corrected chi connectivity index (χ4v) is 0.812. The van der Waals surface area contributed by atoms with Gasteiger partial charge in [-0.25, -0.2) is 9.21 Å². The van der Waals surface area contributed by atoms with Gasteiger partial charge in [0.15, 0.2) is 0 Å². The zero-order chi connectivity index (χ0) is 7.02. The van der Waals surface area contributed by atoms with Gasteiger partial charge in [-0.05, 0) is 0 Å². The van der Waals surface area contributed by atoms with Crippen LogP contribution >= 0.6 is 23.6 Å². The van der Waals surface area contributed by atoms with Gasteiger partial charge in [-0.2, -0.15) is 4.42 Å². The Hall–Kier alpha value is -0.480. The Bertz CT molecular complexity index is 171. The fourth-order valence-electron chi connectivity index (χ4n) is 0.450. The number of carbonyl (C=O) groups excluding carboxylic acids is 2. The van der Waals surface area contributed by atoms with Crippen molar-refractivity contribution in [2.75, 3.05) is 6.54 Å². The fraction of sp³-hybridized carbons (Fsp3) is 0.333. The lowest BCUT2D eigenvalue weighted by atomic mass is 10.7. The molecule has 0 N–H and O–H groups in total. The number of hydrogen-bond acceptors (Lipinski definition) is 2. The predicted octanol–water partition coefficient (Wildman–Crippen LogP) is 0.558. The van der Waals surface area contributed by atoms with Crippen molar-refractivity contribution in [2.45, 2.75) is 0 Å². The number of nitrogens with zero attached hydrogens (tertiary/aromatic N) is 2. The van der Waals surface area contributed by atoms with Gasteiger partial charge >= 0.3 is 6.03 Å². The van der Waals surface area contributed by atoms with E-state index in [1.807, 2.05) is 0 Å². The lowest BCUT2D eigenvalue weighted by Crippen LogP contribution is -2.19. The third kappa shape index (κ3) is 0.951. The molecule has 0 bridgehead atoms. The molecule has 0 radical (unpaired) electrons. The smallest absolute Gasteiger partial charge is 0.271 e. The van der Waals surface area contributed by atoms with Crippen molar-refractivity contribution < 1.29 is 9.59 Å². The van der Waals surface area contributed by atoms with Crippen molar-refractivity contribution in [3.8, 4) is 0 Å². The van der Waals surface area contributed by atoms with Crippen molar-refractivity contribution in [1.82, 2.24) is 8.84 Å². The molecule has 0 aliphatic carbocycles. The topological polar surface area (TPSA) is 40.6 Å². The highest BCUT2D eigenvalue weighted by Gasteiger charge is 2.34. The van der Waals surface area contributed by atoms with E-state index >= 15 is 0 Å². The van der Waals surface area contributed by atoms with Crippen LogP contribution in [0.5, 0.6) is 0 Å². The molecule has 4 nitrogen and oxygen atoms in total. The molecule has 1 heterocycles. The summed E-state index contributed by atoms with van der Waals surface area (Å²) in [6.45, 7) is -0.149. The normalized spacial score (nSPS) is 19.8. The van der Waals surface area contributed by atoms with Crippen LogP contribution in [0.2, 0.25) is 0 Å². The minimum absolute atomic E-state index is 0.149. The summed E-state index contributed by atoms with van der Waals surface area (Å²) in [6, 6.07) is -0.691. The first-order valence-electron chi connectivity index (χ1n) is 2.09. The van der Waals surface area contributed by atoms with E-state index in [0.717, 1.165) is 4.42 Å². The Morgan fingerprint density at radius 2 is 1.89 bits per heavy atom. The third-order valence-electron chi connectivity index (χ3n) is 0.869. The van der Waals surface area contributed by atoms with Gasteiger partial charge in [0.2, 0.25) is 0 Å². The average molecular weight is 169 g/mol. The highest BCUT2D eigenvalue weighted by atomic mass is 35.5. The molecule has 1 aliphatic heterocycles. The lowest BCUT2D eigenvalue weighted by molar-refractivity contribution is -0.122. The van der Waals surface area contributed by atoms with Gasteiger partial charge in [-0.1, -0.05) is 0 Å². The van der Waals surface area contributed by atoms with Crippen LogP contribution < -0.4 is 0 Å². The molecule has 0 atom stereocenters. The zero-order valence-electron chi connectivity index (χ0n) is 4.17. The van der Waals surface area contributed by atoms with Crippen LogP contribution in [0.25, 0.3) is 0 Å². The Kier molecular flexibility index (Phi) is 1.50. The number of urea groups is 1. The van der Waals surface area contributed by atoms with Gasteiger partial charge in [0.05, 0.1) is 0 Å². The number of amides is 3. The van der Waals surface area contributed by atoms with E-state index in [9.17, 15) is 9.59 Å². The number of carbonyl (C=O) groups is 2. The molecule has 0 aromatic carbocycles. The molecule has 1 fully saturated rings. The van der Waals surface area contributed by atoms with Crippen LogP contribution in [0.1, 0.15) is 0 Å². The van der Waals surface area contributed by atoms with E-state index in [0.29, 0.717) is 4.42 Å². The Morgan fingerprint density at radius 1 is 1.33 bits per heavy atom. The molecule has 0 saturated carbocycles. The summed E-state index contributed by atoms with van der Waals surface area (Å²) >= 11 is 10.3. The summed E-state index contributed by atoms with van der Waals surface area (Å²) in [7, 11) is 0. The second kappa shape index (κ2) is 2.04. The first-order valence-corrected chi connectivity index (χ1v) is 2.76. The minimum Gasteiger partial charge on any atom is -0.271 e. The maximum Gasteiger partial charge on any atom is 0.356 e. The molecular formula is C3H2Cl2N2O2. The van der Waals surface area contributed by atoms with E-state index < -0.39 is 11.9 Å². The molecule has 9 heavy (non-hydrogen) atoms. The number of hydrogen-bond donors (Lipinski definition) is 0. The van der Waals surface area contributed by atoms with Gasteiger partial charge in [-0.15, -0.1) is 0 Å². The van der Waals surface area contributed by atoms with Crippen LogP contribution in [-0.2, 0) is 4.79 Å². The molecule has 50 valence electrons. The molecule has 0 spiro atoms. The number of halogens is 2. The molecular weight excluding hydrogens is 167 g/mol. The quantitative estimate of drug-likeness (QED) is 0.392. The van der Waals surface area contributed by atoms with Gasteiger partial charge in [0, 0.05) is 23.6 Å². The predicted molar refractivity (Wildman–Crippen MR) is 30.7 cm³/mol. The minimum atomic E-state index is -0.691. The summed E-state index contributed by atoms with van der Waals surface area (Å²) in [6.07, 6.45) is 0. The molecule has 0 aromatic heterocycles. The maximum absolute atomic E-state index is 10.5. The summed E-state index contributed by atoms with van der Waals surface area (Å²) in [5.74, 6) is -0.503. The van der Waals surface area contributed by atoms with Crippen LogP contribution in [0.4, 0.5) is 4.79 Å². The molecule has 6 heteroatoms. The summed E-state index contributed by atoms with van der Waals surface area (Å²) in [5.41, 5.74) is 0.